The quantitative estimate of drug-likeness (QED) is 0.295. The van der Waals surface area contributed by atoms with Gasteiger partial charge in [-0.2, -0.15) is 0 Å². The first-order valence-corrected chi connectivity index (χ1v) is 13.1. The molecule has 0 spiro atoms. The number of aliphatic hydroxyl groups is 1. The molecule has 5 N–H and O–H groups in total. The van der Waals surface area contributed by atoms with Crippen molar-refractivity contribution in [1.82, 2.24) is 10.2 Å². The summed E-state index contributed by atoms with van der Waals surface area (Å²) in [7, 11) is 1.53. The van der Waals surface area contributed by atoms with Gasteiger partial charge in [-0.3, -0.25) is 14.4 Å². The number of alkyl carbamates (subject to hydrolysis) is 1. The summed E-state index contributed by atoms with van der Waals surface area (Å²) < 4.78 is 10.5. The lowest BCUT2D eigenvalue weighted by Crippen LogP contribution is -2.53. The second-order valence-electron chi connectivity index (χ2n) is 10.2. The second-order valence-corrected chi connectivity index (χ2v) is 10.2. The lowest BCUT2D eigenvalue weighted by atomic mass is 9.99. The summed E-state index contributed by atoms with van der Waals surface area (Å²) in [5.41, 5.74) is 6.48. The van der Waals surface area contributed by atoms with Gasteiger partial charge in [0.25, 0.3) is 5.91 Å². The Morgan fingerprint density at radius 2 is 1.65 bits per heavy atom. The van der Waals surface area contributed by atoms with Gasteiger partial charge >= 0.3 is 6.09 Å². The second kappa shape index (κ2) is 14.9. The molecule has 218 valence electrons. The standard InChI is InChI=1S/C29H40N4O7/c1-6-19-7-9-20(10-8-19)25(26(36)31-21-11-13-22(39-5)14-12-21)33(17-18-34)27(37)23(15-16-24(30)35)32-28(38)40-29(2,3)4/h7-14,23,25,34H,6,15-18H2,1-5H3,(H2,30,35)(H,31,36)(H,32,38). The number of aryl methyl sites for hydroxylation is 1. The first-order chi connectivity index (χ1) is 18.9. The van der Waals surface area contributed by atoms with Gasteiger partial charge in [0.05, 0.1) is 13.7 Å². The Morgan fingerprint density at radius 1 is 1.02 bits per heavy atom. The summed E-state index contributed by atoms with van der Waals surface area (Å²) >= 11 is 0. The van der Waals surface area contributed by atoms with Crippen LogP contribution in [0.2, 0.25) is 0 Å². The molecule has 0 saturated heterocycles. The van der Waals surface area contributed by atoms with Crippen LogP contribution in [0.4, 0.5) is 10.5 Å². The molecule has 0 fully saturated rings. The predicted molar refractivity (Wildman–Crippen MR) is 151 cm³/mol. The number of carbonyl (C=O) groups excluding carboxylic acids is 4. The fraction of sp³-hybridized carbons (Fsp3) is 0.448. The van der Waals surface area contributed by atoms with Crippen molar-refractivity contribution in [3.8, 4) is 5.75 Å². The zero-order chi connectivity index (χ0) is 29.9. The number of carbonyl (C=O) groups is 4. The van der Waals surface area contributed by atoms with Gasteiger partial charge in [0, 0.05) is 18.7 Å². The van der Waals surface area contributed by atoms with E-state index < -0.39 is 48.1 Å². The van der Waals surface area contributed by atoms with Gasteiger partial charge in [-0.25, -0.2) is 4.79 Å². The minimum absolute atomic E-state index is 0.128. The molecule has 2 unspecified atom stereocenters. The molecule has 40 heavy (non-hydrogen) atoms. The molecule has 0 aliphatic rings. The molecule has 2 aromatic rings. The van der Waals surface area contributed by atoms with Crippen LogP contribution in [0.25, 0.3) is 0 Å². The van der Waals surface area contributed by atoms with Crippen LogP contribution in [0.5, 0.6) is 5.75 Å². The van der Waals surface area contributed by atoms with Crippen molar-refractivity contribution in [1.29, 1.82) is 0 Å². The van der Waals surface area contributed by atoms with E-state index in [0.29, 0.717) is 17.0 Å². The zero-order valence-corrected chi connectivity index (χ0v) is 23.7. The average Bonchev–Trinajstić information content (AvgIpc) is 2.90. The van der Waals surface area contributed by atoms with Crippen LogP contribution in [0.3, 0.4) is 0 Å². The highest BCUT2D eigenvalue weighted by Crippen LogP contribution is 2.26. The van der Waals surface area contributed by atoms with E-state index in [2.05, 4.69) is 10.6 Å². The summed E-state index contributed by atoms with van der Waals surface area (Å²) in [6, 6.07) is 11.5. The third-order valence-electron chi connectivity index (χ3n) is 5.91. The van der Waals surface area contributed by atoms with Gasteiger partial charge < -0.3 is 35.8 Å². The Bertz CT molecular complexity index is 1140. The van der Waals surface area contributed by atoms with E-state index in [1.165, 1.54) is 12.0 Å². The lowest BCUT2D eigenvalue weighted by Gasteiger charge is -2.34. The van der Waals surface area contributed by atoms with E-state index >= 15 is 0 Å². The van der Waals surface area contributed by atoms with Crippen molar-refractivity contribution in [2.75, 3.05) is 25.6 Å². The number of amides is 4. The fourth-order valence-electron chi connectivity index (χ4n) is 3.96. The number of primary amides is 1. The first-order valence-electron chi connectivity index (χ1n) is 13.1. The molecule has 2 rings (SSSR count). The molecular weight excluding hydrogens is 516 g/mol. The summed E-state index contributed by atoms with van der Waals surface area (Å²) in [6.45, 7) is 6.33. The number of benzene rings is 2. The van der Waals surface area contributed by atoms with Gasteiger partial charge in [0.1, 0.15) is 23.4 Å². The maximum Gasteiger partial charge on any atom is 0.408 e. The molecule has 0 aromatic heterocycles. The Labute approximate surface area is 235 Å². The number of methoxy groups -OCH3 is 1. The number of nitrogens with zero attached hydrogens (tertiary/aromatic N) is 1. The molecule has 2 atom stereocenters. The predicted octanol–water partition coefficient (Wildman–Crippen LogP) is 2.92. The van der Waals surface area contributed by atoms with Crippen LogP contribution in [0.15, 0.2) is 48.5 Å². The van der Waals surface area contributed by atoms with Crippen LogP contribution in [0, 0.1) is 0 Å². The van der Waals surface area contributed by atoms with Gasteiger partial charge in [-0.1, -0.05) is 31.2 Å². The van der Waals surface area contributed by atoms with Crippen LogP contribution < -0.4 is 21.1 Å². The fourth-order valence-corrected chi connectivity index (χ4v) is 3.96. The Hall–Kier alpha value is -4.12. The monoisotopic (exact) mass is 556 g/mol. The van der Waals surface area contributed by atoms with Crippen LogP contribution in [0.1, 0.15) is 57.7 Å². The average molecular weight is 557 g/mol. The van der Waals surface area contributed by atoms with Gasteiger partial charge in [-0.05, 0) is 69.0 Å². The molecule has 4 amide bonds. The molecule has 0 heterocycles. The summed E-state index contributed by atoms with van der Waals surface area (Å²) in [5, 5.41) is 15.2. The number of hydrogen-bond acceptors (Lipinski definition) is 7. The van der Waals surface area contributed by atoms with E-state index in [9.17, 15) is 24.3 Å². The molecular formula is C29H40N4O7. The Morgan fingerprint density at radius 3 is 2.15 bits per heavy atom. The minimum Gasteiger partial charge on any atom is -0.497 e. The number of hydrogen-bond donors (Lipinski definition) is 4. The van der Waals surface area contributed by atoms with Crippen molar-refractivity contribution in [2.45, 2.75) is 64.6 Å². The maximum absolute atomic E-state index is 13.9. The molecule has 11 heteroatoms. The Balaban J connectivity index is 2.49. The topological polar surface area (TPSA) is 160 Å². The summed E-state index contributed by atoms with van der Waals surface area (Å²) in [4.78, 5) is 53.0. The van der Waals surface area contributed by atoms with Gasteiger partial charge in [0.15, 0.2) is 0 Å². The van der Waals surface area contributed by atoms with Crippen LogP contribution in [-0.2, 0) is 25.5 Å². The normalized spacial score (nSPS) is 12.6. The molecule has 0 saturated carbocycles. The number of anilines is 1. The van der Waals surface area contributed by atoms with Crippen LogP contribution in [-0.4, -0.2) is 65.7 Å². The van der Waals surface area contributed by atoms with Crippen molar-refractivity contribution in [3.05, 3.63) is 59.7 Å². The maximum atomic E-state index is 13.9. The zero-order valence-electron chi connectivity index (χ0n) is 23.7. The molecule has 2 aromatic carbocycles. The van der Waals surface area contributed by atoms with E-state index in [0.717, 1.165) is 12.0 Å². The van der Waals surface area contributed by atoms with Gasteiger partial charge in [-0.15, -0.1) is 0 Å². The number of aliphatic hydroxyl groups excluding tert-OH is 1. The van der Waals surface area contributed by atoms with Crippen LogP contribution >= 0.6 is 0 Å². The highest BCUT2D eigenvalue weighted by Gasteiger charge is 2.36. The third-order valence-corrected chi connectivity index (χ3v) is 5.91. The van der Waals surface area contributed by atoms with E-state index in [4.69, 9.17) is 15.2 Å². The summed E-state index contributed by atoms with van der Waals surface area (Å²) in [6.07, 6.45) is -0.424. The van der Waals surface area contributed by atoms with Gasteiger partial charge in [0.2, 0.25) is 11.8 Å². The van der Waals surface area contributed by atoms with E-state index in [1.807, 2.05) is 19.1 Å². The van der Waals surface area contributed by atoms with Crippen molar-refractivity contribution < 1.29 is 33.8 Å². The number of ether oxygens (including phenoxy) is 2. The third kappa shape index (κ3) is 9.88. The highest BCUT2D eigenvalue weighted by atomic mass is 16.6. The molecule has 0 bridgehead atoms. The summed E-state index contributed by atoms with van der Waals surface area (Å²) in [5.74, 6) is -1.29. The molecule has 11 nitrogen and oxygen atoms in total. The Kier molecular flexibility index (Phi) is 11.9. The molecule has 0 radical (unpaired) electrons. The van der Waals surface area contributed by atoms with E-state index in [-0.39, 0.29) is 19.4 Å². The van der Waals surface area contributed by atoms with Crippen molar-refractivity contribution in [2.24, 2.45) is 5.73 Å². The van der Waals surface area contributed by atoms with Crippen molar-refractivity contribution in [3.63, 3.8) is 0 Å². The smallest absolute Gasteiger partial charge is 0.408 e. The largest absolute Gasteiger partial charge is 0.497 e. The minimum atomic E-state index is -1.25. The van der Waals surface area contributed by atoms with Crippen molar-refractivity contribution >= 4 is 29.5 Å². The van der Waals surface area contributed by atoms with E-state index in [1.54, 1.807) is 57.2 Å². The number of rotatable bonds is 13. The number of nitrogens with one attached hydrogen (secondary N) is 2. The first kappa shape index (κ1) is 32.1. The SMILES string of the molecule is CCc1ccc(C(C(=O)Nc2ccc(OC)cc2)N(CCO)C(=O)C(CCC(N)=O)NC(=O)OC(C)(C)C)cc1. The lowest BCUT2D eigenvalue weighted by molar-refractivity contribution is -0.141. The highest BCUT2D eigenvalue weighted by molar-refractivity contribution is 5.99. The number of nitrogens with two attached hydrogens (primary N) is 1. The molecule has 0 aliphatic heterocycles. The molecule has 0 aliphatic carbocycles.